The smallest absolute Gasteiger partial charge is 0.252 e. The highest BCUT2D eigenvalue weighted by Gasteiger charge is 2.23. The lowest BCUT2D eigenvalue weighted by atomic mass is 10.0. The normalized spacial score (nSPS) is 12.2. The van der Waals surface area contributed by atoms with Gasteiger partial charge < -0.3 is 16.8 Å². The Bertz CT molecular complexity index is 458. The van der Waals surface area contributed by atoms with Crippen LogP contribution in [0.4, 0.5) is 0 Å². The highest BCUT2D eigenvalue weighted by Crippen LogP contribution is 2.10. The summed E-state index contributed by atoms with van der Waals surface area (Å²) >= 11 is 0. The maximum absolute atomic E-state index is 12.2. The Hall–Kier alpha value is -1.88. The number of nitrogens with two attached hydrogens (primary N) is 2. The number of hydrogen-bond acceptors (Lipinski definition) is 3. The fraction of sp³-hybridized carbons (Fsp3) is 0.429. The first-order valence-corrected chi connectivity index (χ1v) is 6.35. The molecule has 5 N–H and O–H groups in total. The van der Waals surface area contributed by atoms with Crippen molar-refractivity contribution in [3.8, 4) is 0 Å². The van der Waals surface area contributed by atoms with Crippen LogP contribution in [0.25, 0.3) is 0 Å². The van der Waals surface area contributed by atoms with E-state index in [1.165, 1.54) is 0 Å². The van der Waals surface area contributed by atoms with Crippen molar-refractivity contribution in [2.45, 2.75) is 26.3 Å². The molecule has 1 aromatic rings. The third kappa shape index (κ3) is 4.06. The number of amides is 2. The number of nitrogens with one attached hydrogen (secondary N) is 1. The van der Waals surface area contributed by atoms with E-state index in [1.54, 1.807) is 12.1 Å². The summed E-state index contributed by atoms with van der Waals surface area (Å²) in [5, 5.41) is 2.68. The van der Waals surface area contributed by atoms with Gasteiger partial charge in [0.05, 0.1) is 0 Å². The molecule has 0 saturated heterocycles. The summed E-state index contributed by atoms with van der Waals surface area (Å²) in [7, 11) is 0. The molecular weight excluding hydrogens is 242 g/mol. The average Bonchev–Trinajstić information content (AvgIpc) is 2.36. The van der Waals surface area contributed by atoms with E-state index < -0.39 is 11.9 Å². The molecule has 1 atom stereocenters. The Morgan fingerprint density at radius 2 is 1.89 bits per heavy atom. The van der Waals surface area contributed by atoms with Crippen LogP contribution in [0.15, 0.2) is 24.3 Å². The van der Waals surface area contributed by atoms with Crippen molar-refractivity contribution in [3.05, 3.63) is 35.4 Å². The molecule has 5 nitrogen and oxygen atoms in total. The van der Waals surface area contributed by atoms with Crippen molar-refractivity contribution >= 4 is 11.8 Å². The van der Waals surface area contributed by atoms with Gasteiger partial charge in [0.2, 0.25) is 5.91 Å². The zero-order chi connectivity index (χ0) is 14.4. The van der Waals surface area contributed by atoms with Crippen LogP contribution >= 0.6 is 0 Å². The largest absolute Gasteiger partial charge is 0.368 e. The summed E-state index contributed by atoms with van der Waals surface area (Å²) in [6.07, 6.45) is 0.618. The quantitative estimate of drug-likeness (QED) is 0.694. The fourth-order valence-electron chi connectivity index (χ4n) is 1.90. The molecule has 1 aromatic carbocycles. The lowest BCUT2D eigenvalue weighted by molar-refractivity contribution is -0.120. The standard InChI is InChI=1S/C14H21N3O2/c1-9(2)12(13(16)18)17-14(19)11-6-4-3-5-10(11)7-8-15/h3-6,9,12H,7-8,15H2,1-2H3,(H2,16,18)(H,17,19). The first-order chi connectivity index (χ1) is 8.97. The van der Waals surface area contributed by atoms with Gasteiger partial charge in [-0.3, -0.25) is 9.59 Å². The Balaban J connectivity index is 2.91. The van der Waals surface area contributed by atoms with Crippen LogP contribution < -0.4 is 16.8 Å². The molecule has 0 aliphatic rings. The van der Waals surface area contributed by atoms with E-state index in [9.17, 15) is 9.59 Å². The van der Waals surface area contributed by atoms with Gasteiger partial charge in [0.15, 0.2) is 0 Å². The minimum Gasteiger partial charge on any atom is -0.368 e. The van der Waals surface area contributed by atoms with Gasteiger partial charge in [0.25, 0.3) is 5.91 Å². The molecule has 1 rings (SSSR count). The van der Waals surface area contributed by atoms with E-state index in [0.29, 0.717) is 18.5 Å². The first-order valence-electron chi connectivity index (χ1n) is 6.35. The van der Waals surface area contributed by atoms with Gasteiger partial charge in [-0.1, -0.05) is 32.0 Å². The predicted molar refractivity (Wildman–Crippen MR) is 74.5 cm³/mol. The number of rotatable bonds is 6. The van der Waals surface area contributed by atoms with E-state index >= 15 is 0 Å². The molecule has 19 heavy (non-hydrogen) atoms. The van der Waals surface area contributed by atoms with E-state index in [-0.39, 0.29) is 11.8 Å². The molecule has 0 spiro atoms. The molecule has 1 unspecified atom stereocenters. The van der Waals surface area contributed by atoms with E-state index in [2.05, 4.69) is 5.32 Å². The molecule has 5 heteroatoms. The van der Waals surface area contributed by atoms with Crippen LogP contribution in [0.3, 0.4) is 0 Å². The minimum atomic E-state index is -0.668. The summed E-state index contributed by atoms with van der Waals surface area (Å²) in [5.41, 5.74) is 12.2. The number of benzene rings is 1. The third-order valence-corrected chi connectivity index (χ3v) is 2.94. The van der Waals surface area contributed by atoms with E-state index in [0.717, 1.165) is 5.56 Å². The lowest BCUT2D eigenvalue weighted by Crippen LogP contribution is -2.47. The molecule has 0 aliphatic heterocycles. The van der Waals surface area contributed by atoms with Crippen LogP contribution in [0, 0.1) is 5.92 Å². The highest BCUT2D eigenvalue weighted by molar-refractivity contribution is 5.98. The van der Waals surface area contributed by atoms with Crippen LogP contribution in [0.2, 0.25) is 0 Å². The van der Waals surface area contributed by atoms with E-state index in [1.807, 2.05) is 26.0 Å². The summed E-state index contributed by atoms with van der Waals surface area (Å²) in [6, 6.07) is 6.55. The van der Waals surface area contributed by atoms with Crippen molar-refractivity contribution in [1.82, 2.24) is 5.32 Å². The maximum Gasteiger partial charge on any atom is 0.252 e. The van der Waals surface area contributed by atoms with Crippen molar-refractivity contribution < 1.29 is 9.59 Å². The molecule has 0 heterocycles. The Labute approximate surface area is 113 Å². The van der Waals surface area contributed by atoms with Gasteiger partial charge >= 0.3 is 0 Å². The van der Waals surface area contributed by atoms with Gasteiger partial charge in [-0.15, -0.1) is 0 Å². The summed E-state index contributed by atoms with van der Waals surface area (Å²) in [4.78, 5) is 23.5. The van der Waals surface area contributed by atoms with Gasteiger partial charge in [-0.2, -0.15) is 0 Å². The Morgan fingerprint density at radius 3 is 2.42 bits per heavy atom. The van der Waals surface area contributed by atoms with Gasteiger partial charge in [-0.25, -0.2) is 0 Å². The summed E-state index contributed by atoms with van der Waals surface area (Å²) in [5.74, 6) is -0.871. The second-order valence-electron chi connectivity index (χ2n) is 4.79. The third-order valence-electron chi connectivity index (χ3n) is 2.94. The van der Waals surface area contributed by atoms with E-state index in [4.69, 9.17) is 11.5 Å². The molecule has 0 aromatic heterocycles. The van der Waals surface area contributed by atoms with Crippen molar-refractivity contribution in [3.63, 3.8) is 0 Å². The van der Waals surface area contributed by atoms with Gasteiger partial charge in [0.1, 0.15) is 6.04 Å². The van der Waals surface area contributed by atoms with Crippen molar-refractivity contribution in [2.75, 3.05) is 6.54 Å². The van der Waals surface area contributed by atoms with Crippen LogP contribution in [0.5, 0.6) is 0 Å². The molecular formula is C14H21N3O2. The number of carbonyl (C=O) groups is 2. The second kappa shape index (κ2) is 6.89. The van der Waals surface area contributed by atoms with Crippen LogP contribution in [0.1, 0.15) is 29.8 Å². The molecule has 104 valence electrons. The minimum absolute atomic E-state index is 0.0527. The zero-order valence-corrected chi connectivity index (χ0v) is 11.3. The molecule has 0 saturated carbocycles. The zero-order valence-electron chi connectivity index (χ0n) is 11.3. The summed E-state index contributed by atoms with van der Waals surface area (Å²) < 4.78 is 0. The van der Waals surface area contributed by atoms with Crippen LogP contribution in [-0.4, -0.2) is 24.4 Å². The monoisotopic (exact) mass is 263 g/mol. The Kier molecular flexibility index (Phi) is 5.51. The second-order valence-corrected chi connectivity index (χ2v) is 4.79. The summed E-state index contributed by atoms with van der Waals surface area (Å²) in [6.45, 7) is 4.14. The highest BCUT2D eigenvalue weighted by atomic mass is 16.2. The molecule has 0 bridgehead atoms. The molecule has 0 radical (unpaired) electrons. The number of carbonyl (C=O) groups excluding carboxylic acids is 2. The SMILES string of the molecule is CC(C)C(NC(=O)c1ccccc1CCN)C(N)=O. The molecule has 0 fully saturated rings. The Morgan fingerprint density at radius 1 is 1.26 bits per heavy atom. The van der Waals surface area contributed by atoms with Crippen molar-refractivity contribution in [2.24, 2.45) is 17.4 Å². The van der Waals surface area contributed by atoms with Gasteiger partial charge in [-0.05, 0) is 30.5 Å². The predicted octanol–water partition coefficient (Wildman–Crippen LogP) is 0.428. The van der Waals surface area contributed by atoms with Crippen LogP contribution in [-0.2, 0) is 11.2 Å². The number of primary amides is 1. The molecule has 0 aliphatic carbocycles. The average molecular weight is 263 g/mol. The molecule has 2 amide bonds. The fourth-order valence-corrected chi connectivity index (χ4v) is 1.90. The first kappa shape index (κ1) is 15.2. The maximum atomic E-state index is 12.2. The van der Waals surface area contributed by atoms with Gasteiger partial charge in [0, 0.05) is 5.56 Å². The topological polar surface area (TPSA) is 98.2 Å². The van der Waals surface area contributed by atoms with Crippen molar-refractivity contribution in [1.29, 1.82) is 0 Å². The number of hydrogen-bond donors (Lipinski definition) is 3. The lowest BCUT2D eigenvalue weighted by Gasteiger charge is -2.19.